The van der Waals surface area contributed by atoms with Crippen LogP contribution in [0.4, 0.5) is 21.5 Å². The number of nitrogens with zero attached hydrogens (tertiary/aromatic N) is 1. The lowest BCUT2D eigenvalue weighted by Crippen LogP contribution is -2.34. The lowest BCUT2D eigenvalue weighted by Gasteiger charge is -2.19. The molecule has 0 radical (unpaired) electrons. The van der Waals surface area contributed by atoms with Crippen molar-refractivity contribution >= 4 is 40.1 Å². The molecule has 0 atom stereocenters. The quantitative estimate of drug-likeness (QED) is 0.518. The highest BCUT2D eigenvalue weighted by Gasteiger charge is 2.28. The number of carbonyl (C=O) groups excluding carboxylic acids is 2. The normalized spacial score (nSPS) is 13.9. The molecule has 0 bridgehead atoms. The van der Waals surface area contributed by atoms with Gasteiger partial charge in [-0.1, -0.05) is 30.3 Å². The molecular weight excluding hydrogens is 407 g/mol. The summed E-state index contributed by atoms with van der Waals surface area (Å²) in [5.74, 6) is -0.759. The van der Waals surface area contributed by atoms with Crippen LogP contribution in [0.5, 0.6) is 0 Å². The van der Waals surface area contributed by atoms with E-state index in [0.717, 1.165) is 16.9 Å². The minimum Gasteiger partial charge on any atom is -0.354 e. The first-order valence-electron chi connectivity index (χ1n) is 10.2. The fourth-order valence-electron chi connectivity index (χ4n) is 3.60. The minimum atomic E-state index is -0.410. The molecule has 0 saturated carbocycles. The van der Waals surface area contributed by atoms with Crippen LogP contribution < -0.4 is 20.9 Å². The highest BCUT2D eigenvalue weighted by molar-refractivity contribution is 6.37. The van der Waals surface area contributed by atoms with E-state index in [1.807, 2.05) is 54.6 Å². The first-order valence-corrected chi connectivity index (χ1v) is 10.2. The summed E-state index contributed by atoms with van der Waals surface area (Å²) >= 11 is 0. The number of nitrogens with one attached hydrogen (secondary N) is 3. The van der Waals surface area contributed by atoms with Crippen LogP contribution in [-0.4, -0.2) is 32.5 Å². The Morgan fingerprint density at radius 2 is 1.75 bits per heavy atom. The van der Waals surface area contributed by atoms with Gasteiger partial charge >= 0.3 is 0 Å². The number of hydrogen-bond acceptors (Lipinski definition) is 4. The Kier molecular flexibility index (Phi) is 6.00. The van der Waals surface area contributed by atoms with E-state index in [9.17, 15) is 14.0 Å². The van der Waals surface area contributed by atoms with Crippen LogP contribution in [0, 0.1) is 5.82 Å². The summed E-state index contributed by atoms with van der Waals surface area (Å²) < 4.78 is 13.7. The maximum atomic E-state index is 13.7. The number of rotatable bonds is 6. The molecule has 3 N–H and O–H groups in total. The standard InChI is InChI=1S/C25H23FN4O2/c1-27-15-22(31)30(2)19-11-9-18(10-12-19)28-24(16-6-4-3-5-7-16)23-20-13-8-17(26)14-21(20)29-25(23)32/h3-14,27-28H,15H2,1-2H3,(H,29,32). The number of amides is 2. The number of halogens is 1. The Hall–Kier alpha value is -3.97. The SMILES string of the molecule is CNCC(=O)N(C)c1ccc(NC(=C2C(=O)Nc3cc(F)ccc32)c2ccccc2)cc1. The molecule has 0 aromatic heterocycles. The van der Waals surface area contributed by atoms with Crippen molar-refractivity contribution in [3.8, 4) is 0 Å². The summed E-state index contributed by atoms with van der Waals surface area (Å²) in [5, 5.41) is 8.95. The summed E-state index contributed by atoms with van der Waals surface area (Å²) in [6.07, 6.45) is 0. The monoisotopic (exact) mass is 430 g/mol. The van der Waals surface area contributed by atoms with Crippen LogP contribution in [0.2, 0.25) is 0 Å². The molecule has 3 aromatic rings. The molecule has 0 fully saturated rings. The fraction of sp³-hybridized carbons (Fsp3) is 0.120. The van der Waals surface area contributed by atoms with Crippen LogP contribution in [0.15, 0.2) is 72.8 Å². The van der Waals surface area contributed by atoms with Crippen molar-refractivity contribution in [2.45, 2.75) is 0 Å². The highest BCUT2D eigenvalue weighted by atomic mass is 19.1. The van der Waals surface area contributed by atoms with Crippen LogP contribution in [0.1, 0.15) is 11.1 Å². The van der Waals surface area contributed by atoms with Gasteiger partial charge in [0.1, 0.15) is 5.82 Å². The van der Waals surface area contributed by atoms with Crippen LogP contribution in [-0.2, 0) is 9.59 Å². The summed E-state index contributed by atoms with van der Waals surface area (Å²) in [6.45, 7) is 0.246. The van der Waals surface area contributed by atoms with Crippen LogP contribution >= 0.6 is 0 Å². The third kappa shape index (κ3) is 4.24. The predicted octanol–water partition coefficient (Wildman–Crippen LogP) is 3.94. The third-order valence-corrected chi connectivity index (χ3v) is 5.26. The van der Waals surface area contributed by atoms with E-state index in [4.69, 9.17) is 0 Å². The number of fused-ring (bicyclic) bond motifs is 1. The molecule has 162 valence electrons. The molecule has 1 aliphatic heterocycles. The molecule has 0 unspecified atom stereocenters. The van der Waals surface area contributed by atoms with Gasteiger partial charge in [-0.3, -0.25) is 9.59 Å². The Morgan fingerprint density at radius 3 is 2.44 bits per heavy atom. The van der Waals surface area contributed by atoms with Crippen molar-refractivity contribution in [2.24, 2.45) is 0 Å². The zero-order valence-electron chi connectivity index (χ0n) is 17.8. The summed E-state index contributed by atoms with van der Waals surface area (Å²) in [7, 11) is 3.45. The van der Waals surface area contributed by atoms with Crippen molar-refractivity contribution in [1.29, 1.82) is 0 Å². The Bertz CT molecular complexity index is 1190. The van der Waals surface area contributed by atoms with Gasteiger partial charge in [0, 0.05) is 24.0 Å². The second kappa shape index (κ2) is 9.03. The zero-order chi connectivity index (χ0) is 22.7. The number of anilines is 3. The van der Waals surface area contributed by atoms with Gasteiger partial charge in [0.25, 0.3) is 5.91 Å². The van der Waals surface area contributed by atoms with Gasteiger partial charge in [0.05, 0.1) is 23.5 Å². The molecule has 1 heterocycles. The van der Waals surface area contributed by atoms with E-state index < -0.39 is 5.82 Å². The largest absolute Gasteiger partial charge is 0.354 e. The summed E-state index contributed by atoms with van der Waals surface area (Å²) in [6, 6.07) is 21.1. The van der Waals surface area contributed by atoms with Gasteiger partial charge in [-0.25, -0.2) is 4.39 Å². The molecule has 32 heavy (non-hydrogen) atoms. The lowest BCUT2D eigenvalue weighted by molar-refractivity contribution is -0.117. The molecule has 4 rings (SSSR count). The first kappa shape index (κ1) is 21.3. The van der Waals surface area contributed by atoms with E-state index in [1.54, 1.807) is 25.1 Å². The number of likely N-dealkylation sites (N-methyl/N-ethyl adjacent to an activating group) is 2. The van der Waals surface area contributed by atoms with Gasteiger partial charge in [-0.05, 0) is 55.1 Å². The number of benzene rings is 3. The molecule has 6 nitrogen and oxygen atoms in total. The first-order chi connectivity index (χ1) is 15.5. The van der Waals surface area contributed by atoms with Gasteiger partial charge in [0.2, 0.25) is 5.91 Å². The molecule has 0 aliphatic carbocycles. The zero-order valence-corrected chi connectivity index (χ0v) is 17.8. The summed E-state index contributed by atoms with van der Waals surface area (Å²) in [4.78, 5) is 26.5. The highest BCUT2D eigenvalue weighted by Crippen LogP contribution is 2.38. The van der Waals surface area contributed by atoms with Gasteiger partial charge in [0.15, 0.2) is 0 Å². The third-order valence-electron chi connectivity index (χ3n) is 5.26. The smallest absolute Gasteiger partial charge is 0.258 e. The summed E-state index contributed by atoms with van der Waals surface area (Å²) in [5.41, 5.74) is 4.46. The average molecular weight is 430 g/mol. The van der Waals surface area contributed by atoms with Crippen LogP contribution in [0.3, 0.4) is 0 Å². The van der Waals surface area contributed by atoms with E-state index in [1.165, 1.54) is 12.1 Å². The van der Waals surface area contributed by atoms with Gasteiger partial charge in [-0.2, -0.15) is 0 Å². The Morgan fingerprint density at radius 1 is 1.03 bits per heavy atom. The van der Waals surface area contributed by atoms with E-state index in [2.05, 4.69) is 16.0 Å². The van der Waals surface area contributed by atoms with Crippen molar-refractivity contribution in [3.63, 3.8) is 0 Å². The van der Waals surface area contributed by atoms with Gasteiger partial charge < -0.3 is 20.9 Å². The van der Waals surface area contributed by atoms with E-state index in [0.29, 0.717) is 22.5 Å². The topological polar surface area (TPSA) is 73.5 Å². The van der Waals surface area contributed by atoms with Crippen LogP contribution in [0.25, 0.3) is 11.3 Å². The average Bonchev–Trinajstić information content (AvgIpc) is 3.12. The molecule has 3 aromatic carbocycles. The Balaban J connectivity index is 1.72. The Labute approximate surface area is 185 Å². The van der Waals surface area contributed by atoms with Crippen molar-refractivity contribution in [3.05, 3.63) is 89.7 Å². The maximum Gasteiger partial charge on any atom is 0.258 e. The molecular formula is C25H23FN4O2. The molecule has 1 aliphatic rings. The number of carbonyl (C=O) groups is 2. The molecule has 2 amide bonds. The molecule has 7 heteroatoms. The van der Waals surface area contributed by atoms with Crippen molar-refractivity contribution in [2.75, 3.05) is 36.2 Å². The fourth-order valence-corrected chi connectivity index (χ4v) is 3.60. The lowest BCUT2D eigenvalue weighted by atomic mass is 10.00. The number of hydrogen-bond donors (Lipinski definition) is 3. The molecule has 0 spiro atoms. The van der Waals surface area contributed by atoms with Gasteiger partial charge in [-0.15, -0.1) is 0 Å². The van der Waals surface area contributed by atoms with E-state index in [-0.39, 0.29) is 18.4 Å². The second-order valence-corrected chi connectivity index (χ2v) is 7.42. The maximum absolute atomic E-state index is 13.7. The molecule has 0 saturated heterocycles. The van der Waals surface area contributed by atoms with E-state index >= 15 is 0 Å². The second-order valence-electron chi connectivity index (χ2n) is 7.42. The van der Waals surface area contributed by atoms with Crippen molar-refractivity contribution in [1.82, 2.24) is 5.32 Å². The minimum absolute atomic E-state index is 0.0493. The van der Waals surface area contributed by atoms with Crippen molar-refractivity contribution < 1.29 is 14.0 Å². The predicted molar refractivity (Wildman–Crippen MR) is 126 cm³/mol.